The van der Waals surface area contributed by atoms with Crippen molar-refractivity contribution in [2.24, 2.45) is 0 Å². The van der Waals surface area contributed by atoms with Crippen LogP contribution in [0.3, 0.4) is 0 Å². The highest BCUT2D eigenvalue weighted by Gasteiger charge is 2.39. The first kappa shape index (κ1) is 27.5. The van der Waals surface area contributed by atoms with E-state index in [1.165, 1.54) is 60.7 Å². The summed E-state index contributed by atoms with van der Waals surface area (Å²) in [7, 11) is 0. The Morgan fingerprint density at radius 2 is 0.907 bits per heavy atom. The number of imide groups is 2. The third kappa shape index (κ3) is 4.43. The predicted octanol–water partition coefficient (Wildman–Crippen LogP) is 6.20. The van der Waals surface area contributed by atoms with E-state index in [1.54, 1.807) is 0 Å². The standard InChI is InChI=1S/C28H12Cl2N4O9/c29-21-7-1-13(9-23(21)33(39)40)31-25(35)17-5-3-15(11-19(17)27(31)37)43-16-4-6-18-20(12-16)28(38)32(26(18)36)14-2-8-22(30)24(10-14)34(41)42/h1-12H. The van der Waals surface area contributed by atoms with Crippen LogP contribution in [0.15, 0.2) is 72.8 Å². The van der Waals surface area contributed by atoms with Crippen molar-refractivity contribution in [1.82, 2.24) is 0 Å². The van der Waals surface area contributed by atoms with Crippen LogP contribution >= 0.6 is 23.2 Å². The molecule has 2 aliphatic rings. The first-order chi connectivity index (χ1) is 20.5. The summed E-state index contributed by atoms with van der Waals surface area (Å²) < 4.78 is 5.83. The molecule has 0 aliphatic carbocycles. The van der Waals surface area contributed by atoms with Gasteiger partial charge in [-0.1, -0.05) is 23.2 Å². The number of benzene rings is 4. The number of halogens is 2. The number of ether oxygens (including phenoxy) is 1. The van der Waals surface area contributed by atoms with Crippen LogP contribution in [0.5, 0.6) is 11.5 Å². The predicted molar refractivity (Wildman–Crippen MR) is 151 cm³/mol. The zero-order valence-corrected chi connectivity index (χ0v) is 22.7. The van der Waals surface area contributed by atoms with E-state index in [-0.39, 0.29) is 55.2 Å². The van der Waals surface area contributed by atoms with Gasteiger partial charge in [0.1, 0.15) is 21.5 Å². The molecule has 43 heavy (non-hydrogen) atoms. The number of anilines is 2. The number of hydrogen-bond acceptors (Lipinski definition) is 9. The normalized spacial score (nSPS) is 13.8. The third-order valence-electron chi connectivity index (χ3n) is 6.72. The Balaban J connectivity index is 1.27. The zero-order chi connectivity index (χ0) is 30.7. The second-order valence-corrected chi connectivity index (χ2v) is 10.0. The lowest BCUT2D eigenvalue weighted by Gasteiger charge is -2.13. The average molecular weight is 619 g/mol. The fourth-order valence-corrected chi connectivity index (χ4v) is 5.11. The van der Waals surface area contributed by atoms with Crippen LogP contribution in [0.25, 0.3) is 0 Å². The highest BCUT2D eigenvalue weighted by molar-refractivity contribution is 6.36. The van der Waals surface area contributed by atoms with Crippen LogP contribution in [0.1, 0.15) is 41.4 Å². The maximum atomic E-state index is 13.2. The van der Waals surface area contributed by atoms with Gasteiger partial charge in [-0.15, -0.1) is 0 Å². The Hall–Kier alpha value is -5.66. The van der Waals surface area contributed by atoms with Gasteiger partial charge >= 0.3 is 0 Å². The quantitative estimate of drug-likeness (QED) is 0.138. The van der Waals surface area contributed by atoms with Crippen LogP contribution in [-0.2, 0) is 0 Å². The topological polar surface area (TPSA) is 170 Å². The van der Waals surface area contributed by atoms with Crippen molar-refractivity contribution in [2.75, 3.05) is 9.80 Å². The van der Waals surface area contributed by atoms with Gasteiger partial charge in [-0.25, -0.2) is 9.80 Å². The second-order valence-electron chi connectivity index (χ2n) is 9.19. The van der Waals surface area contributed by atoms with Crippen molar-refractivity contribution in [1.29, 1.82) is 0 Å². The largest absolute Gasteiger partial charge is 0.457 e. The van der Waals surface area contributed by atoms with Crippen LogP contribution in [0.4, 0.5) is 22.7 Å². The summed E-state index contributed by atoms with van der Waals surface area (Å²) >= 11 is 11.7. The van der Waals surface area contributed by atoms with Gasteiger partial charge in [0, 0.05) is 12.1 Å². The van der Waals surface area contributed by atoms with Crippen LogP contribution in [-0.4, -0.2) is 33.5 Å². The second kappa shape index (κ2) is 10.0. The summed E-state index contributed by atoms with van der Waals surface area (Å²) in [5.41, 5.74) is -1.00. The Kier molecular flexibility index (Phi) is 6.40. The molecule has 212 valence electrons. The van der Waals surface area contributed by atoms with Crippen molar-refractivity contribution in [2.45, 2.75) is 0 Å². The van der Waals surface area contributed by atoms with Crippen LogP contribution in [0, 0.1) is 20.2 Å². The van der Waals surface area contributed by atoms with Gasteiger partial charge in [-0.3, -0.25) is 39.4 Å². The highest BCUT2D eigenvalue weighted by atomic mass is 35.5. The lowest BCUT2D eigenvalue weighted by atomic mass is 10.1. The SMILES string of the molecule is O=C1c2ccc(Oc3ccc4c(c3)C(=O)N(c3ccc(Cl)c([N+](=O)[O-])c3)C4=O)cc2C(=O)N1c1ccc(Cl)c([N+](=O)[O-])c1. The minimum atomic E-state index is -0.746. The molecule has 2 heterocycles. The molecular formula is C28H12Cl2N4O9. The molecule has 13 nitrogen and oxygen atoms in total. The summed E-state index contributed by atoms with van der Waals surface area (Å²) in [4.78, 5) is 75.0. The zero-order valence-electron chi connectivity index (χ0n) is 21.1. The Morgan fingerprint density at radius 3 is 1.28 bits per heavy atom. The molecule has 0 radical (unpaired) electrons. The summed E-state index contributed by atoms with van der Waals surface area (Å²) in [5, 5.41) is 22.2. The Morgan fingerprint density at radius 1 is 0.535 bits per heavy atom. The average Bonchev–Trinajstić information content (AvgIpc) is 3.37. The number of hydrogen-bond donors (Lipinski definition) is 0. The lowest BCUT2D eigenvalue weighted by molar-refractivity contribution is -0.384. The molecule has 0 fully saturated rings. The molecule has 2 aliphatic heterocycles. The van der Waals surface area contributed by atoms with Crippen molar-refractivity contribution in [3.05, 3.63) is 125 Å². The molecule has 6 rings (SSSR count). The molecule has 15 heteroatoms. The van der Waals surface area contributed by atoms with E-state index in [0.717, 1.165) is 21.9 Å². The first-order valence-electron chi connectivity index (χ1n) is 12.1. The highest BCUT2D eigenvalue weighted by Crippen LogP contribution is 2.38. The van der Waals surface area contributed by atoms with Crippen molar-refractivity contribution in [3.63, 3.8) is 0 Å². The number of amides is 4. The van der Waals surface area contributed by atoms with Gasteiger partial charge in [0.15, 0.2) is 0 Å². The number of nitrogens with zero attached hydrogens (tertiary/aromatic N) is 4. The third-order valence-corrected chi connectivity index (χ3v) is 7.36. The molecule has 0 bridgehead atoms. The number of fused-ring (bicyclic) bond motifs is 2. The Bertz CT molecular complexity index is 1850. The van der Waals surface area contributed by atoms with E-state index in [2.05, 4.69) is 0 Å². The molecule has 0 atom stereocenters. The van der Waals surface area contributed by atoms with Crippen molar-refractivity contribution >= 4 is 69.6 Å². The summed E-state index contributed by atoms with van der Waals surface area (Å²) in [6.07, 6.45) is 0. The maximum Gasteiger partial charge on any atom is 0.289 e. The molecule has 4 amide bonds. The molecule has 4 aromatic carbocycles. The minimum Gasteiger partial charge on any atom is -0.457 e. The smallest absolute Gasteiger partial charge is 0.289 e. The lowest BCUT2D eigenvalue weighted by Crippen LogP contribution is -2.29. The van der Waals surface area contributed by atoms with E-state index in [0.29, 0.717) is 0 Å². The van der Waals surface area contributed by atoms with Gasteiger partial charge in [0.25, 0.3) is 35.0 Å². The van der Waals surface area contributed by atoms with E-state index >= 15 is 0 Å². The maximum absolute atomic E-state index is 13.2. The van der Waals surface area contributed by atoms with Crippen LogP contribution < -0.4 is 14.5 Å². The number of rotatable bonds is 6. The molecule has 0 unspecified atom stereocenters. The Labute approximate surface area is 249 Å². The van der Waals surface area contributed by atoms with Gasteiger partial charge in [-0.2, -0.15) is 0 Å². The molecule has 4 aromatic rings. The van der Waals surface area contributed by atoms with Gasteiger partial charge < -0.3 is 4.74 Å². The summed E-state index contributed by atoms with van der Waals surface area (Å²) in [6, 6.07) is 15.2. The molecule has 0 spiro atoms. The summed E-state index contributed by atoms with van der Waals surface area (Å²) in [5.74, 6) is -2.66. The molecule has 0 aromatic heterocycles. The van der Waals surface area contributed by atoms with Crippen LogP contribution in [0.2, 0.25) is 10.0 Å². The van der Waals surface area contributed by atoms with Crippen molar-refractivity contribution in [3.8, 4) is 11.5 Å². The number of nitro groups is 2. The molecular weight excluding hydrogens is 607 g/mol. The van der Waals surface area contributed by atoms with E-state index in [4.69, 9.17) is 27.9 Å². The monoisotopic (exact) mass is 618 g/mol. The van der Waals surface area contributed by atoms with E-state index in [9.17, 15) is 39.4 Å². The van der Waals surface area contributed by atoms with Gasteiger partial charge in [0.05, 0.1) is 43.5 Å². The fraction of sp³-hybridized carbons (Fsp3) is 0. The minimum absolute atomic E-state index is 0.0250. The van der Waals surface area contributed by atoms with Gasteiger partial charge in [-0.05, 0) is 60.7 Å². The summed E-state index contributed by atoms with van der Waals surface area (Å²) in [6.45, 7) is 0. The number of carbonyl (C=O) groups excluding carboxylic acids is 4. The fourth-order valence-electron chi connectivity index (χ4n) is 4.73. The number of nitro benzene ring substituents is 2. The molecule has 0 saturated carbocycles. The number of carbonyl (C=O) groups is 4. The molecule has 0 N–H and O–H groups in total. The van der Waals surface area contributed by atoms with E-state index < -0.39 is 44.9 Å². The first-order valence-corrected chi connectivity index (χ1v) is 12.8. The van der Waals surface area contributed by atoms with Crippen molar-refractivity contribution < 1.29 is 33.8 Å². The van der Waals surface area contributed by atoms with Gasteiger partial charge in [0.2, 0.25) is 0 Å². The van der Waals surface area contributed by atoms with E-state index in [1.807, 2.05) is 0 Å². The molecule has 0 saturated heterocycles.